The van der Waals surface area contributed by atoms with E-state index in [-0.39, 0.29) is 24.3 Å². The molecule has 1 heterocycles. The zero-order chi connectivity index (χ0) is 15.5. The minimum Gasteiger partial charge on any atom is -0.465 e. The summed E-state index contributed by atoms with van der Waals surface area (Å²) >= 11 is 0. The van der Waals surface area contributed by atoms with Gasteiger partial charge in [0.25, 0.3) is 0 Å². The largest absolute Gasteiger partial charge is 0.465 e. The Hall–Kier alpha value is -1.77. The summed E-state index contributed by atoms with van der Waals surface area (Å²) in [4.78, 5) is 26.4. The van der Waals surface area contributed by atoms with Crippen LogP contribution in [0.15, 0.2) is 0 Å². The van der Waals surface area contributed by atoms with E-state index >= 15 is 0 Å². The number of carbonyl (C=O) groups is 2. The van der Waals surface area contributed by atoms with Gasteiger partial charge in [0.05, 0.1) is 12.1 Å². The molecule has 1 rings (SSSR count). The number of nitriles is 1. The topological polar surface area (TPSA) is 84.6 Å². The standard InChI is InChI=1S/C14H23N3O3/c1-10-6-8-16(12(18)5-7-15)9-11(10)17(13(19)20)14(2,3)4/h10-11H,5-6,8-9H2,1-4H3,(H,19,20)/t10-,11+/m1/s1. The van der Waals surface area contributed by atoms with Gasteiger partial charge in [0.15, 0.2) is 0 Å². The van der Waals surface area contributed by atoms with Gasteiger partial charge in [-0.15, -0.1) is 0 Å². The molecule has 2 amide bonds. The van der Waals surface area contributed by atoms with Crippen LogP contribution in [0.5, 0.6) is 0 Å². The Kier molecular flexibility index (Phi) is 4.98. The fourth-order valence-corrected chi connectivity index (χ4v) is 2.72. The van der Waals surface area contributed by atoms with Crippen molar-refractivity contribution in [2.45, 2.75) is 52.1 Å². The molecule has 0 aliphatic carbocycles. The quantitative estimate of drug-likeness (QED) is 0.838. The fraction of sp³-hybridized carbons (Fsp3) is 0.786. The number of rotatable bonds is 2. The van der Waals surface area contributed by atoms with Crippen molar-refractivity contribution < 1.29 is 14.7 Å². The highest BCUT2D eigenvalue weighted by molar-refractivity contribution is 5.78. The molecule has 6 heteroatoms. The molecule has 1 fully saturated rings. The zero-order valence-electron chi connectivity index (χ0n) is 12.6. The van der Waals surface area contributed by atoms with Crippen molar-refractivity contribution in [3.8, 4) is 6.07 Å². The summed E-state index contributed by atoms with van der Waals surface area (Å²) in [5, 5.41) is 18.1. The third-order valence-electron chi connectivity index (χ3n) is 3.76. The normalized spacial score (nSPS) is 23.1. The van der Waals surface area contributed by atoms with E-state index in [0.717, 1.165) is 6.42 Å². The SMILES string of the molecule is C[C@@H]1CCN(C(=O)CC#N)C[C@@H]1N(C(=O)O)C(C)(C)C. The molecule has 1 aliphatic heterocycles. The number of hydrogen-bond acceptors (Lipinski definition) is 3. The molecular weight excluding hydrogens is 258 g/mol. The van der Waals surface area contributed by atoms with Crippen LogP contribution in [0, 0.1) is 17.2 Å². The van der Waals surface area contributed by atoms with Gasteiger partial charge in [-0.1, -0.05) is 6.92 Å². The number of piperidine rings is 1. The van der Waals surface area contributed by atoms with Gasteiger partial charge < -0.3 is 10.0 Å². The molecule has 0 unspecified atom stereocenters. The van der Waals surface area contributed by atoms with Crippen LogP contribution in [0.3, 0.4) is 0 Å². The van der Waals surface area contributed by atoms with E-state index in [2.05, 4.69) is 0 Å². The molecule has 20 heavy (non-hydrogen) atoms. The summed E-state index contributed by atoms with van der Waals surface area (Å²) in [7, 11) is 0. The first kappa shape index (κ1) is 16.3. The van der Waals surface area contributed by atoms with E-state index < -0.39 is 11.6 Å². The molecular formula is C14H23N3O3. The fourth-order valence-electron chi connectivity index (χ4n) is 2.72. The second kappa shape index (κ2) is 6.12. The van der Waals surface area contributed by atoms with Crippen molar-refractivity contribution in [2.75, 3.05) is 13.1 Å². The van der Waals surface area contributed by atoms with E-state index in [1.54, 1.807) is 4.90 Å². The minimum atomic E-state index is -0.969. The lowest BCUT2D eigenvalue weighted by molar-refractivity contribution is -0.133. The van der Waals surface area contributed by atoms with Crippen molar-refractivity contribution in [3.63, 3.8) is 0 Å². The first-order valence-electron chi connectivity index (χ1n) is 6.85. The van der Waals surface area contributed by atoms with Gasteiger partial charge in [0.2, 0.25) is 5.91 Å². The molecule has 1 aliphatic rings. The van der Waals surface area contributed by atoms with Gasteiger partial charge in [-0.25, -0.2) is 4.79 Å². The van der Waals surface area contributed by atoms with E-state index in [1.165, 1.54) is 4.90 Å². The lowest BCUT2D eigenvalue weighted by atomic mass is 9.89. The smallest absolute Gasteiger partial charge is 0.408 e. The molecule has 0 aromatic heterocycles. The van der Waals surface area contributed by atoms with Crippen molar-refractivity contribution in [1.82, 2.24) is 9.80 Å². The Balaban J connectivity index is 2.93. The molecule has 1 saturated heterocycles. The number of carbonyl (C=O) groups excluding carboxylic acids is 1. The summed E-state index contributed by atoms with van der Waals surface area (Å²) in [6, 6.07) is 1.62. The summed E-state index contributed by atoms with van der Waals surface area (Å²) in [6.45, 7) is 8.52. The molecule has 0 aromatic rings. The molecule has 1 N–H and O–H groups in total. The lowest BCUT2D eigenvalue weighted by Crippen LogP contribution is -2.60. The predicted octanol–water partition coefficient (Wildman–Crippen LogP) is 1.92. The van der Waals surface area contributed by atoms with Crippen LogP contribution >= 0.6 is 0 Å². The maximum atomic E-state index is 11.8. The van der Waals surface area contributed by atoms with Crippen LogP contribution in [0.2, 0.25) is 0 Å². The number of likely N-dealkylation sites (tertiary alicyclic amines) is 1. The van der Waals surface area contributed by atoms with Crippen LogP contribution in [-0.4, -0.2) is 51.6 Å². The minimum absolute atomic E-state index is 0.149. The maximum absolute atomic E-state index is 11.8. The molecule has 6 nitrogen and oxygen atoms in total. The highest BCUT2D eigenvalue weighted by Gasteiger charge is 2.40. The van der Waals surface area contributed by atoms with E-state index in [4.69, 9.17) is 5.26 Å². The Bertz CT molecular complexity index is 422. The average Bonchev–Trinajstić information content (AvgIpc) is 2.29. The van der Waals surface area contributed by atoms with Crippen LogP contribution < -0.4 is 0 Å². The first-order chi connectivity index (χ1) is 9.18. The summed E-state index contributed by atoms with van der Waals surface area (Å²) in [5.74, 6) is -0.0277. The zero-order valence-corrected chi connectivity index (χ0v) is 12.6. The van der Waals surface area contributed by atoms with E-state index in [1.807, 2.05) is 33.8 Å². The number of amides is 2. The third-order valence-corrected chi connectivity index (χ3v) is 3.76. The molecule has 0 radical (unpaired) electrons. The summed E-state index contributed by atoms with van der Waals surface area (Å²) in [5.41, 5.74) is -0.522. The molecule has 0 saturated carbocycles. The Morgan fingerprint density at radius 3 is 2.50 bits per heavy atom. The number of nitrogens with zero attached hydrogens (tertiary/aromatic N) is 3. The van der Waals surface area contributed by atoms with Crippen LogP contribution in [-0.2, 0) is 4.79 Å². The van der Waals surface area contributed by atoms with Crippen LogP contribution in [0.4, 0.5) is 4.79 Å². The predicted molar refractivity (Wildman–Crippen MR) is 74.0 cm³/mol. The van der Waals surface area contributed by atoms with Gasteiger partial charge in [-0.3, -0.25) is 9.69 Å². The van der Waals surface area contributed by atoms with E-state index in [0.29, 0.717) is 13.1 Å². The van der Waals surface area contributed by atoms with Crippen molar-refractivity contribution in [2.24, 2.45) is 5.92 Å². The maximum Gasteiger partial charge on any atom is 0.408 e. The Morgan fingerprint density at radius 2 is 2.05 bits per heavy atom. The van der Waals surface area contributed by atoms with Gasteiger partial charge in [0.1, 0.15) is 6.42 Å². The molecule has 112 valence electrons. The monoisotopic (exact) mass is 281 g/mol. The van der Waals surface area contributed by atoms with Crippen LogP contribution in [0.25, 0.3) is 0 Å². The lowest BCUT2D eigenvalue weighted by Gasteiger charge is -2.47. The van der Waals surface area contributed by atoms with Gasteiger partial charge in [-0.05, 0) is 33.1 Å². The average molecular weight is 281 g/mol. The molecule has 2 atom stereocenters. The second-order valence-corrected chi connectivity index (χ2v) is 6.33. The molecule has 0 aromatic carbocycles. The molecule has 0 spiro atoms. The van der Waals surface area contributed by atoms with Crippen molar-refractivity contribution in [3.05, 3.63) is 0 Å². The second-order valence-electron chi connectivity index (χ2n) is 6.33. The highest BCUT2D eigenvalue weighted by Crippen LogP contribution is 2.28. The number of carboxylic acid groups (broad SMARTS) is 1. The number of hydrogen-bond donors (Lipinski definition) is 1. The van der Waals surface area contributed by atoms with Crippen LogP contribution in [0.1, 0.15) is 40.5 Å². The van der Waals surface area contributed by atoms with Gasteiger partial charge in [0, 0.05) is 18.6 Å². The molecule has 0 bridgehead atoms. The Labute approximate surface area is 120 Å². The van der Waals surface area contributed by atoms with Gasteiger partial charge in [-0.2, -0.15) is 5.26 Å². The van der Waals surface area contributed by atoms with Gasteiger partial charge >= 0.3 is 6.09 Å². The Morgan fingerprint density at radius 1 is 1.45 bits per heavy atom. The third kappa shape index (κ3) is 3.62. The first-order valence-corrected chi connectivity index (χ1v) is 6.85. The highest BCUT2D eigenvalue weighted by atomic mass is 16.4. The summed E-state index contributed by atoms with van der Waals surface area (Å²) in [6.07, 6.45) is -0.366. The van der Waals surface area contributed by atoms with Crippen molar-refractivity contribution >= 4 is 12.0 Å². The van der Waals surface area contributed by atoms with Crippen molar-refractivity contribution in [1.29, 1.82) is 5.26 Å². The summed E-state index contributed by atoms with van der Waals surface area (Å²) < 4.78 is 0. The van der Waals surface area contributed by atoms with E-state index in [9.17, 15) is 14.7 Å².